The summed E-state index contributed by atoms with van der Waals surface area (Å²) in [4.78, 5) is 28.8. The minimum absolute atomic E-state index is 0.0251. The zero-order valence-electron chi connectivity index (χ0n) is 16.8. The second-order valence-corrected chi connectivity index (χ2v) is 7.49. The van der Waals surface area contributed by atoms with Crippen LogP contribution in [0.2, 0.25) is 0 Å². The van der Waals surface area contributed by atoms with E-state index in [4.69, 9.17) is 4.42 Å². The minimum atomic E-state index is -0.137. The van der Waals surface area contributed by atoms with Gasteiger partial charge >= 0.3 is 0 Å². The molecule has 0 spiro atoms. The smallest absolute Gasteiger partial charge is 0.289 e. The fraction of sp³-hybridized carbons (Fsp3) is 0.217. The van der Waals surface area contributed by atoms with Gasteiger partial charge in [0.2, 0.25) is 0 Å². The van der Waals surface area contributed by atoms with Crippen LogP contribution in [0.3, 0.4) is 0 Å². The summed E-state index contributed by atoms with van der Waals surface area (Å²) in [6.45, 7) is 2.56. The summed E-state index contributed by atoms with van der Waals surface area (Å²) in [6, 6.07) is 18.8. The predicted molar refractivity (Wildman–Crippen MR) is 114 cm³/mol. The molecular formula is C23H21N5O3. The number of nitrogens with zero attached hydrogens (tertiary/aromatic N) is 5. The van der Waals surface area contributed by atoms with Crippen LogP contribution >= 0.6 is 0 Å². The van der Waals surface area contributed by atoms with E-state index in [1.807, 2.05) is 53.2 Å². The second kappa shape index (κ2) is 8.06. The number of hydrogen-bond donors (Lipinski definition) is 0. The van der Waals surface area contributed by atoms with E-state index in [0.717, 1.165) is 16.6 Å². The summed E-state index contributed by atoms with van der Waals surface area (Å²) < 4.78 is 7.03. The molecule has 3 heterocycles. The highest BCUT2D eigenvalue weighted by atomic mass is 16.3. The highest BCUT2D eigenvalue weighted by Crippen LogP contribution is 2.15. The molecule has 0 unspecified atom stereocenters. The van der Waals surface area contributed by atoms with Gasteiger partial charge in [-0.15, -0.1) is 5.10 Å². The van der Waals surface area contributed by atoms with Gasteiger partial charge in [0.15, 0.2) is 5.76 Å². The topological polar surface area (TPSA) is 84.5 Å². The van der Waals surface area contributed by atoms with Crippen molar-refractivity contribution in [2.24, 2.45) is 0 Å². The molecule has 0 N–H and O–H groups in total. The molecule has 156 valence electrons. The zero-order valence-corrected chi connectivity index (χ0v) is 16.8. The van der Waals surface area contributed by atoms with Crippen molar-refractivity contribution in [2.75, 3.05) is 26.2 Å². The Labute approximate surface area is 178 Å². The van der Waals surface area contributed by atoms with Gasteiger partial charge in [-0.05, 0) is 42.0 Å². The normalized spacial score (nSPS) is 14.2. The van der Waals surface area contributed by atoms with Crippen LogP contribution in [0.1, 0.15) is 26.5 Å². The molecule has 0 radical (unpaired) electrons. The van der Waals surface area contributed by atoms with Gasteiger partial charge in [-0.25, -0.2) is 4.68 Å². The first kappa shape index (κ1) is 19.0. The maximum absolute atomic E-state index is 12.9. The lowest BCUT2D eigenvalue weighted by Gasteiger charge is -2.34. The van der Waals surface area contributed by atoms with Gasteiger partial charge < -0.3 is 14.2 Å². The molecule has 1 aliphatic rings. The third kappa shape index (κ3) is 3.79. The lowest BCUT2D eigenvalue weighted by atomic mass is 10.1. The standard InChI is InChI=1S/C23H21N5O3/c29-22(26-11-13-27(14-12-26)23(30)21-6-3-15-31-21)18-9-7-17(8-10-18)16-28-20-5-2-1-4-19(20)24-25-28/h1-10,15H,11-14,16H2. The van der Waals surface area contributed by atoms with Crippen LogP contribution in [0.25, 0.3) is 11.0 Å². The van der Waals surface area contributed by atoms with Gasteiger partial charge in [0.05, 0.1) is 18.3 Å². The molecule has 2 aromatic heterocycles. The molecule has 8 nitrogen and oxygen atoms in total. The molecule has 0 atom stereocenters. The van der Waals surface area contributed by atoms with E-state index in [1.165, 1.54) is 6.26 Å². The molecule has 4 aromatic rings. The van der Waals surface area contributed by atoms with Crippen molar-refractivity contribution in [1.82, 2.24) is 24.8 Å². The molecule has 2 amide bonds. The average Bonchev–Trinajstić information content (AvgIpc) is 3.50. The van der Waals surface area contributed by atoms with Crippen LogP contribution in [-0.4, -0.2) is 62.8 Å². The predicted octanol–water partition coefficient (Wildman–Crippen LogP) is 2.67. The first-order chi connectivity index (χ1) is 15.2. The first-order valence-electron chi connectivity index (χ1n) is 10.2. The number of aromatic nitrogens is 3. The summed E-state index contributed by atoms with van der Waals surface area (Å²) in [6.07, 6.45) is 1.49. The number of para-hydroxylation sites is 1. The molecule has 0 bridgehead atoms. The van der Waals surface area contributed by atoms with E-state index in [2.05, 4.69) is 10.3 Å². The molecule has 5 rings (SSSR count). The molecular weight excluding hydrogens is 394 g/mol. The van der Waals surface area contributed by atoms with Crippen LogP contribution in [0, 0.1) is 0 Å². The molecule has 1 fully saturated rings. The number of carbonyl (C=O) groups is 2. The summed E-state index contributed by atoms with van der Waals surface area (Å²) in [5, 5.41) is 8.39. The number of carbonyl (C=O) groups excluding carboxylic acids is 2. The van der Waals surface area contributed by atoms with Crippen LogP contribution in [-0.2, 0) is 6.54 Å². The van der Waals surface area contributed by atoms with E-state index in [0.29, 0.717) is 44.0 Å². The summed E-state index contributed by atoms with van der Waals surface area (Å²) in [5.74, 6) is 0.167. The number of rotatable bonds is 4. The van der Waals surface area contributed by atoms with Crippen LogP contribution < -0.4 is 0 Å². The number of fused-ring (bicyclic) bond motifs is 1. The van der Waals surface area contributed by atoms with Gasteiger partial charge in [-0.2, -0.15) is 0 Å². The molecule has 1 aliphatic heterocycles. The maximum atomic E-state index is 12.9. The second-order valence-electron chi connectivity index (χ2n) is 7.49. The van der Waals surface area contributed by atoms with Gasteiger partial charge in [-0.3, -0.25) is 9.59 Å². The fourth-order valence-corrected chi connectivity index (χ4v) is 3.81. The van der Waals surface area contributed by atoms with Crippen molar-refractivity contribution in [2.45, 2.75) is 6.54 Å². The summed E-state index contributed by atoms with van der Waals surface area (Å²) in [7, 11) is 0. The number of amides is 2. The van der Waals surface area contributed by atoms with Gasteiger partial charge in [0.1, 0.15) is 5.52 Å². The fourth-order valence-electron chi connectivity index (χ4n) is 3.81. The highest BCUT2D eigenvalue weighted by molar-refractivity contribution is 5.95. The summed E-state index contributed by atoms with van der Waals surface area (Å²) >= 11 is 0. The van der Waals surface area contributed by atoms with Crippen molar-refractivity contribution in [1.29, 1.82) is 0 Å². The lowest BCUT2D eigenvalue weighted by molar-refractivity contribution is 0.0518. The Balaban J connectivity index is 1.21. The van der Waals surface area contributed by atoms with Crippen molar-refractivity contribution in [3.8, 4) is 0 Å². The monoisotopic (exact) mass is 415 g/mol. The third-order valence-electron chi connectivity index (χ3n) is 5.54. The van der Waals surface area contributed by atoms with Crippen molar-refractivity contribution < 1.29 is 14.0 Å². The van der Waals surface area contributed by atoms with E-state index in [1.54, 1.807) is 21.9 Å². The van der Waals surface area contributed by atoms with Crippen molar-refractivity contribution in [3.05, 3.63) is 83.8 Å². The van der Waals surface area contributed by atoms with Crippen molar-refractivity contribution >= 4 is 22.8 Å². The number of hydrogen-bond acceptors (Lipinski definition) is 5. The van der Waals surface area contributed by atoms with E-state index >= 15 is 0 Å². The van der Waals surface area contributed by atoms with Gasteiger partial charge in [-0.1, -0.05) is 29.5 Å². The van der Waals surface area contributed by atoms with Crippen LogP contribution in [0.5, 0.6) is 0 Å². The molecule has 0 aliphatic carbocycles. The van der Waals surface area contributed by atoms with Crippen LogP contribution in [0.4, 0.5) is 0 Å². The summed E-state index contributed by atoms with van der Waals surface area (Å²) in [5.41, 5.74) is 3.52. The average molecular weight is 415 g/mol. The SMILES string of the molecule is O=C(c1ccc(Cn2nnc3ccccc32)cc1)N1CCN(C(=O)c2ccco2)CC1. The lowest BCUT2D eigenvalue weighted by Crippen LogP contribution is -2.50. The minimum Gasteiger partial charge on any atom is -0.459 e. The van der Waals surface area contributed by atoms with E-state index < -0.39 is 0 Å². The zero-order chi connectivity index (χ0) is 21.2. The maximum Gasteiger partial charge on any atom is 0.289 e. The first-order valence-corrected chi connectivity index (χ1v) is 10.2. The largest absolute Gasteiger partial charge is 0.459 e. The van der Waals surface area contributed by atoms with Crippen LogP contribution in [0.15, 0.2) is 71.3 Å². The van der Waals surface area contributed by atoms with Crippen molar-refractivity contribution in [3.63, 3.8) is 0 Å². The number of furan rings is 1. The Kier molecular flexibility index (Phi) is 4.95. The molecule has 1 saturated heterocycles. The molecule has 0 saturated carbocycles. The third-order valence-corrected chi connectivity index (χ3v) is 5.54. The Bertz CT molecular complexity index is 1210. The highest BCUT2D eigenvalue weighted by Gasteiger charge is 2.26. The quantitative estimate of drug-likeness (QED) is 0.512. The Morgan fingerprint density at radius 2 is 1.55 bits per heavy atom. The Morgan fingerprint density at radius 1 is 0.839 bits per heavy atom. The molecule has 2 aromatic carbocycles. The van der Waals surface area contributed by atoms with Gasteiger partial charge in [0.25, 0.3) is 11.8 Å². The molecule has 31 heavy (non-hydrogen) atoms. The Hall–Kier alpha value is -3.94. The molecule has 8 heteroatoms. The number of benzene rings is 2. The van der Waals surface area contributed by atoms with Gasteiger partial charge in [0, 0.05) is 31.7 Å². The van der Waals surface area contributed by atoms with E-state index in [9.17, 15) is 9.59 Å². The van der Waals surface area contributed by atoms with E-state index in [-0.39, 0.29) is 11.8 Å². The number of piperazine rings is 1. The Morgan fingerprint density at radius 3 is 2.26 bits per heavy atom.